The Kier molecular flexibility index (Phi) is 6.78. The first kappa shape index (κ1) is 16.2. The van der Waals surface area contributed by atoms with E-state index < -0.39 is 5.97 Å². The van der Waals surface area contributed by atoms with Crippen LogP contribution in [0.25, 0.3) is 0 Å². The summed E-state index contributed by atoms with van der Waals surface area (Å²) < 4.78 is 4.82. The number of nitrogens with two attached hydrogens (primary N) is 1. The molecule has 0 aliphatic heterocycles. The fourth-order valence-corrected chi connectivity index (χ4v) is 1.91. The third-order valence-corrected chi connectivity index (χ3v) is 3.06. The van der Waals surface area contributed by atoms with Crippen LogP contribution in [0.4, 0.5) is 5.82 Å². The Balaban J connectivity index is 2.59. The molecule has 1 aromatic heterocycles. The molecule has 0 bridgehead atoms. The molecule has 1 amide bonds. The zero-order chi connectivity index (χ0) is 15.0. The van der Waals surface area contributed by atoms with Crippen molar-refractivity contribution in [2.75, 3.05) is 24.6 Å². The number of ether oxygens (including phenoxy) is 1. The smallest absolute Gasteiger partial charge is 0.343 e. The number of carbonyl (C=O) groups excluding carboxylic acids is 2. The first-order valence-corrected chi connectivity index (χ1v) is 7.26. The van der Waals surface area contributed by atoms with Crippen molar-refractivity contribution in [3.05, 3.63) is 11.8 Å². The molecule has 1 heterocycles. The van der Waals surface area contributed by atoms with Gasteiger partial charge in [-0.2, -0.15) is 0 Å². The lowest BCUT2D eigenvalue weighted by Gasteiger charge is -2.06. The third kappa shape index (κ3) is 5.04. The molecule has 20 heavy (non-hydrogen) atoms. The van der Waals surface area contributed by atoms with Crippen LogP contribution < -0.4 is 11.1 Å². The van der Waals surface area contributed by atoms with E-state index in [0.29, 0.717) is 11.7 Å². The molecule has 0 saturated heterocycles. The zero-order valence-corrected chi connectivity index (χ0v) is 12.3. The number of thioether (sulfide) groups is 1. The topological polar surface area (TPSA) is 107 Å². The van der Waals surface area contributed by atoms with Crippen molar-refractivity contribution in [1.82, 2.24) is 15.3 Å². The van der Waals surface area contributed by atoms with Crippen molar-refractivity contribution in [1.29, 1.82) is 0 Å². The molecule has 8 heteroatoms. The van der Waals surface area contributed by atoms with Gasteiger partial charge in [0.25, 0.3) is 0 Å². The average molecular weight is 298 g/mol. The molecule has 1 rings (SSSR count). The number of aromatic nitrogens is 2. The molecule has 0 radical (unpaired) electrons. The minimum absolute atomic E-state index is 0.0508. The van der Waals surface area contributed by atoms with Gasteiger partial charge in [-0.05, 0) is 13.3 Å². The highest BCUT2D eigenvalue weighted by Gasteiger charge is 2.14. The standard InChI is InChI=1S/C12H18N4O3S/c1-3-5-14-9(17)7-20-12-15-6-8(10(13)16-12)11(18)19-4-2/h6H,3-5,7H2,1-2H3,(H,14,17)(H2,13,15,16). The normalized spacial score (nSPS) is 10.1. The van der Waals surface area contributed by atoms with Gasteiger partial charge in [-0.25, -0.2) is 14.8 Å². The number of esters is 1. The lowest BCUT2D eigenvalue weighted by atomic mass is 10.3. The van der Waals surface area contributed by atoms with Crippen molar-refractivity contribution in [2.24, 2.45) is 0 Å². The number of hydrogen-bond donors (Lipinski definition) is 2. The predicted molar refractivity (Wildman–Crippen MR) is 76.4 cm³/mol. The SMILES string of the molecule is CCCNC(=O)CSc1ncc(C(=O)OCC)c(N)n1. The van der Waals surface area contributed by atoms with Crippen LogP contribution in [-0.2, 0) is 9.53 Å². The molecule has 0 fully saturated rings. The van der Waals surface area contributed by atoms with E-state index in [1.807, 2.05) is 6.92 Å². The van der Waals surface area contributed by atoms with E-state index in [1.54, 1.807) is 6.92 Å². The fourth-order valence-electron chi connectivity index (χ4n) is 1.26. The van der Waals surface area contributed by atoms with Gasteiger partial charge in [-0.15, -0.1) is 0 Å². The molecule has 0 aromatic carbocycles. The van der Waals surface area contributed by atoms with Gasteiger partial charge in [0.05, 0.1) is 12.4 Å². The molecule has 3 N–H and O–H groups in total. The zero-order valence-electron chi connectivity index (χ0n) is 11.5. The number of nitrogens with one attached hydrogen (secondary N) is 1. The number of carbonyl (C=O) groups is 2. The second-order valence-corrected chi connectivity index (χ2v) is 4.75. The van der Waals surface area contributed by atoms with Crippen LogP contribution in [0.3, 0.4) is 0 Å². The molecule has 0 unspecified atom stereocenters. The van der Waals surface area contributed by atoms with E-state index in [2.05, 4.69) is 15.3 Å². The average Bonchev–Trinajstić information content (AvgIpc) is 2.43. The summed E-state index contributed by atoms with van der Waals surface area (Å²) in [7, 11) is 0. The molecular formula is C12H18N4O3S. The number of nitrogens with zero attached hydrogens (tertiary/aromatic N) is 2. The highest BCUT2D eigenvalue weighted by molar-refractivity contribution is 7.99. The first-order valence-electron chi connectivity index (χ1n) is 6.27. The number of rotatable bonds is 7. The Bertz CT molecular complexity index is 482. The predicted octanol–water partition coefficient (Wildman–Crippen LogP) is 0.854. The molecule has 0 spiro atoms. The van der Waals surface area contributed by atoms with Gasteiger partial charge in [-0.1, -0.05) is 18.7 Å². The summed E-state index contributed by atoms with van der Waals surface area (Å²) in [6, 6.07) is 0. The number of hydrogen-bond acceptors (Lipinski definition) is 7. The van der Waals surface area contributed by atoms with Crippen LogP contribution in [0.5, 0.6) is 0 Å². The van der Waals surface area contributed by atoms with Gasteiger partial charge in [0.15, 0.2) is 5.16 Å². The lowest BCUT2D eigenvalue weighted by Crippen LogP contribution is -2.25. The van der Waals surface area contributed by atoms with Crippen LogP contribution in [0, 0.1) is 0 Å². The first-order chi connectivity index (χ1) is 9.58. The third-order valence-electron chi connectivity index (χ3n) is 2.20. The summed E-state index contributed by atoms with van der Waals surface area (Å²) in [4.78, 5) is 30.9. The summed E-state index contributed by atoms with van der Waals surface area (Å²) in [6.07, 6.45) is 2.20. The Morgan fingerprint density at radius 1 is 1.45 bits per heavy atom. The van der Waals surface area contributed by atoms with Crippen LogP contribution >= 0.6 is 11.8 Å². The van der Waals surface area contributed by atoms with Crippen molar-refractivity contribution < 1.29 is 14.3 Å². The van der Waals surface area contributed by atoms with Gasteiger partial charge in [-0.3, -0.25) is 4.79 Å². The van der Waals surface area contributed by atoms with Gasteiger partial charge in [0.1, 0.15) is 11.4 Å². The highest BCUT2D eigenvalue weighted by Crippen LogP contribution is 2.16. The molecule has 110 valence electrons. The second kappa shape index (κ2) is 8.36. The fraction of sp³-hybridized carbons (Fsp3) is 0.500. The second-order valence-electron chi connectivity index (χ2n) is 3.81. The minimum atomic E-state index is -0.553. The van der Waals surface area contributed by atoms with E-state index >= 15 is 0 Å². The van der Waals surface area contributed by atoms with Gasteiger partial charge in [0, 0.05) is 12.7 Å². The van der Waals surface area contributed by atoms with Crippen LogP contribution in [0.2, 0.25) is 0 Å². The number of nitrogen functional groups attached to an aromatic ring is 1. The van der Waals surface area contributed by atoms with E-state index in [0.717, 1.165) is 18.2 Å². The van der Waals surface area contributed by atoms with Crippen molar-refractivity contribution in [3.63, 3.8) is 0 Å². The molecule has 0 aliphatic carbocycles. The van der Waals surface area contributed by atoms with Crippen molar-refractivity contribution in [3.8, 4) is 0 Å². The van der Waals surface area contributed by atoms with E-state index in [9.17, 15) is 9.59 Å². The van der Waals surface area contributed by atoms with E-state index in [-0.39, 0.29) is 29.6 Å². The Morgan fingerprint density at radius 2 is 2.20 bits per heavy atom. The Labute approximate surface area is 121 Å². The molecule has 0 aliphatic rings. The minimum Gasteiger partial charge on any atom is -0.462 e. The van der Waals surface area contributed by atoms with Crippen LogP contribution in [-0.4, -0.2) is 40.7 Å². The molecule has 7 nitrogen and oxygen atoms in total. The molecular weight excluding hydrogens is 280 g/mol. The van der Waals surface area contributed by atoms with E-state index in [4.69, 9.17) is 10.5 Å². The number of anilines is 1. The molecule has 0 saturated carbocycles. The van der Waals surface area contributed by atoms with E-state index in [1.165, 1.54) is 6.20 Å². The van der Waals surface area contributed by atoms with Gasteiger partial charge >= 0.3 is 5.97 Å². The largest absolute Gasteiger partial charge is 0.462 e. The monoisotopic (exact) mass is 298 g/mol. The summed E-state index contributed by atoms with van der Waals surface area (Å²) in [5.74, 6) is -0.385. The number of amides is 1. The van der Waals surface area contributed by atoms with Gasteiger partial charge in [0.2, 0.25) is 5.91 Å². The Morgan fingerprint density at radius 3 is 2.80 bits per heavy atom. The summed E-state index contributed by atoms with van der Waals surface area (Å²) in [5.41, 5.74) is 5.80. The highest BCUT2D eigenvalue weighted by atomic mass is 32.2. The summed E-state index contributed by atoms with van der Waals surface area (Å²) in [6.45, 7) is 4.58. The molecule has 0 atom stereocenters. The quantitative estimate of drug-likeness (QED) is 0.436. The maximum atomic E-state index is 11.5. The van der Waals surface area contributed by atoms with Crippen molar-refractivity contribution >= 4 is 29.5 Å². The van der Waals surface area contributed by atoms with Gasteiger partial charge < -0.3 is 15.8 Å². The van der Waals surface area contributed by atoms with Crippen LogP contribution in [0.15, 0.2) is 11.4 Å². The lowest BCUT2D eigenvalue weighted by molar-refractivity contribution is -0.118. The summed E-state index contributed by atoms with van der Waals surface area (Å²) in [5, 5.41) is 3.09. The van der Waals surface area contributed by atoms with Crippen LogP contribution in [0.1, 0.15) is 30.6 Å². The Hall–Kier alpha value is -1.83. The maximum absolute atomic E-state index is 11.5. The van der Waals surface area contributed by atoms with Crippen molar-refractivity contribution in [2.45, 2.75) is 25.4 Å². The maximum Gasteiger partial charge on any atom is 0.343 e. The summed E-state index contributed by atoms with van der Waals surface area (Å²) >= 11 is 1.16. The molecule has 1 aromatic rings.